The molecule has 2 N–H and O–H groups in total. The fourth-order valence-electron chi connectivity index (χ4n) is 4.28. The molecule has 1 atom stereocenters. The maximum atomic E-state index is 13.5. The standard InChI is InChI=1S/C25H24ClF3N4O5/c1-31-22-20(23(36)32(24(31)37)10-3-11-34)33(13-15-6-8-17(26)9-7-15)21(30-22)19(14-35)16-4-2-5-18(12-16)38-25(27,28)29/h2,4-9,12,19,34-35H,3,10-11,13-14H2,1H3. The lowest BCUT2D eigenvalue weighted by molar-refractivity contribution is -0.274. The van der Waals surface area contributed by atoms with Crippen LogP contribution in [0.5, 0.6) is 5.75 Å². The summed E-state index contributed by atoms with van der Waals surface area (Å²) in [5.41, 5.74) is -0.195. The van der Waals surface area contributed by atoms with Crippen LogP contribution in [0.25, 0.3) is 11.2 Å². The normalized spacial score (nSPS) is 12.7. The lowest BCUT2D eigenvalue weighted by Crippen LogP contribution is -2.40. The van der Waals surface area contributed by atoms with Gasteiger partial charge in [-0.15, -0.1) is 13.2 Å². The first-order chi connectivity index (χ1) is 18.0. The Balaban J connectivity index is 1.96. The fourth-order valence-corrected chi connectivity index (χ4v) is 4.40. The van der Waals surface area contributed by atoms with Crippen LogP contribution in [-0.2, 0) is 20.1 Å². The van der Waals surface area contributed by atoms with Crippen molar-refractivity contribution < 1.29 is 28.1 Å². The predicted molar refractivity (Wildman–Crippen MR) is 134 cm³/mol. The number of hydrogen-bond donors (Lipinski definition) is 2. The summed E-state index contributed by atoms with van der Waals surface area (Å²) in [6.07, 6.45) is -4.74. The minimum atomic E-state index is -4.91. The highest BCUT2D eigenvalue weighted by Crippen LogP contribution is 2.31. The van der Waals surface area contributed by atoms with Gasteiger partial charge in [0.1, 0.15) is 11.6 Å². The van der Waals surface area contributed by atoms with Gasteiger partial charge in [0.2, 0.25) is 0 Å². The zero-order valence-corrected chi connectivity index (χ0v) is 20.9. The first-order valence-electron chi connectivity index (χ1n) is 11.6. The zero-order valence-electron chi connectivity index (χ0n) is 20.2. The molecular formula is C25H24ClF3N4O5. The third-order valence-corrected chi connectivity index (χ3v) is 6.30. The topological polar surface area (TPSA) is 112 Å². The van der Waals surface area contributed by atoms with Gasteiger partial charge < -0.3 is 19.5 Å². The maximum Gasteiger partial charge on any atom is 0.573 e. The van der Waals surface area contributed by atoms with Crippen molar-refractivity contribution in [1.29, 1.82) is 0 Å². The molecule has 0 fully saturated rings. The molecule has 13 heteroatoms. The summed E-state index contributed by atoms with van der Waals surface area (Å²) in [5, 5.41) is 20.1. The Hall–Kier alpha value is -3.61. The average molecular weight is 553 g/mol. The van der Waals surface area contributed by atoms with Crippen LogP contribution in [0.2, 0.25) is 5.02 Å². The minimum absolute atomic E-state index is 0.0281. The van der Waals surface area contributed by atoms with Gasteiger partial charge in [-0.25, -0.2) is 9.78 Å². The van der Waals surface area contributed by atoms with Crippen LogP contribution in [0.4, 0.5) is 13.2 Å². The SMILES string of the molecule is Cn1c(=O)n(CCCO)c(=O)c2c1nc(C(CO)c1cccc(OC(F)(F)F)c1)n2Cc1ccc(Cl)cc1. The minimum Gasteiger partial charge on any atom is -0.406 e. The van der Waals surface area contributed by atoms with Crippen LogP contribution in [0.3, 0.4) is 0 Å². The number of fused-ring (bicyclic) bond motifs is 1. The largest absolute Gasteiger partial charge is 0.573 e. The van der Waals surface area contributed by atoms with Crippen molar-refractivity contribution in [2.75, 3.05) is 13.2 Å². The van der Waals surface area contributed by atoms with Gasteiger partial charge in [0.05, 0.1) is 12.5 Å². The monoisotopic (exact) mass is 552 g/mol. The number of nitrogens with zero attached hydrogens (tertiary/aromatic N) is 4. The smallest absolute Gasteiger partial charge is 0.406 e. The van der Waals surface area contributed by atoms with Crippen molar-refractivity contribution in [2.24, 2.45) is 7.05 Å². The van der Waals surface area contributed by atoms with E-state index < -0.39 is 35.9 Å². The van der Waals surface area contributed by atoms with E-state index in [1.807, 2.05) is 0 Å². The summed E-state index contributed by atoms with van der Waals surface area (Å²) in [6.45, 7) is -0.733. The molecule has 2 heterocycles. The zero-order chi connectivity index (χ0) is 27.6. The molecule has 1 unspecified atom stereocenters. The molecule has 202 valence electrons. The lowest BCUT2D eigenvalue weighted by Gasteiger charge is -2.18. The number of hydrogen-bond acceptors (Lipinski definition) is 6. The highest BCUT2D eigenvalue weighted by atomic mass is 35.5. The molecule has 0 aliphatic heterocycles. The summed E-state index contributed by atoms with van der Waals surface area (Å²) in [6, 6.07) is 11.9. The second-order valence-corrected chi connectivity index (χ2v) is 9.02. The summed E-state index contributed by atoms with van der Waals surface area (Å²) in [4.78, 5) is 31.0. The molecule has 0 spiro atoms. The summed E-state index contributed by atoms with van der Waals surface area (Å²) in [5.74, 6) is -1.28. The van der Waals surface area contributed by atoms with Crippen LogP contribution in [0.15, 0.2) is 58.1 Å². The van der Waals surface area contributed by atoms with E-state index in [0.717, 1.165) is 22.3 Å². The van der Waals surface area contributed by atoms with Gasteiger partial charge >= 0.3 is 12.1 Å². The van der Waals surface area contributed by atoms with Gasteiger partial charge in [-0.05, 0) is 41.8 Å². The van der Waals surface area contributed by atoms with Crippen molar-refractivity contribution in [3.8, 4) is 5.75 Å². The van der Waals surface area contributed by atoms with Crippen LogP contribution < -0.4 is 16.0 Å². The van der Waals surface area contributed by atoms with E-state index in [-0.39, 0.29) is 48.7 Å². The van der Waals surface area contributed by atoms with Crippen molar-refractivity contribution >= 4 is 22.8 Å². The van der Waals surface area contributed by atoms with Crippen molar-refractivity contribution in [3.63, 3.8) is 0 Å². The number of benzene rings is 2. The lowest BCUT2D eigenvalue weighted by atomic mass is 9.98. The van der Waals surface area contributed by atoms with Crippen LogP contribution >= 0.6 is 11.6 Å². The van der Waals surface area contributed by atoms with Crippen molar-refractivity contribution in [3.05, 3.63) is 91.3 Å². The molecule has 9 nitrogen and oxygen atoms in total. The molecule has 4 rings (SSSR count). The van der Waals surface area contributed by atoms with Gasteiger partial charge in [-0.2, -0.15) is 0 Å². The Labute approximate surface area is 218 Å². The molecule has 0 bridgehead atoms. The second-order valence-electron chi connectivity index (χ2n) is 8.59. The fraction of sp³-hybridized carbons (Fsp3) is 0.320. The Bertz CT molecular complexity index is 1560. The first-order valence-corrected chi connectivity index (χ1v) is 11.9. The number of ether oxygens (including phenoxy) is 1. The number of aliphatic hydroxyl groups excluding tert-OH is 2. The molecular weight excluding hydrogens is 529 g/mol. The predicted octanol–water partition coefficient (Wildman–Crippen LogP) is 3.00. The molecule has 0 aliphatic carbocycles. The number of alkyl halides is 3. The highest BCUT2D eigenvalue weighted by Gasteiger charge is 2.32. The third kappa shape index (κ3) is 5.62. The quantitative estimate of drug-likeness (QED) is 0.330. The molecule has 38 heavy (non-hydrogen) atoms. The molecule has 0 amide bonds. The average Bonchev–Trinajstić information content (AvgIpc) is 3.23. The van der Waals surface area contributed by atoms with E-state index in [1.165, 1.54) is 28.3 Å². The molecule has 4 aromatic rings. The molecule has 2 aromatic carbocycles. The first kappa shape index (κ1) is 27.4. The number of aryl methyl sites for hydroxylation is 1. The van der Waals surface area contributed by atoms with Crippen LogP contribution in [0, 0.1) is 0 Å². The second kappa shape index (κ2) is 11.0. The van der Waals surface area contributed by atoms with Gasteiger partial charge in [-0.1, -0.05) is 35.9 Å². The molecule has 0 aliphatic rings. The van der Waals surface area contributed by atoms with Crippen molar-refractivity contribution in [2.45, 2.75) is 31.8 Å². The maximum absolute atomic E-state index is 13.5. The Morgan fingerprint density at radius 2 is 1.79 bits per heavy atom. The van der Waals surface area contributed by atoms with E-state index in [1.54, 1.807) is 24.3 Å². The Morgan fingerprint density at radius 1 is 1.08 bits per heavy atom. The number of aromatic nitrogens is 4. The highest BCUT2D eigenvalue weighted by molar-refractivity contribution is 6.30. The van der Waals surface area contributed by atoms with E-state index in [4.69, 9.17) is 11.6 Å². The van der Waals surface area contributed by atoms with Gasteiger partial charge in [0.25, 0.3) is 5.56 Å². The van der Waals surface area contributed by atoms with E-state index in [9.17, 15) is 33.0 Å². The van der Waals surface area contributed by atoms with Crippen molar-refractivity contribution in [1.82, 2.24) is 18.7 Å². The third-order valence-electron chi connectivity index (χ3n) is 6.04. The summed E-state index contributed by atoms with van der Waals surface area (Å²) in [7, 11) is 1.44. The molecule has 0 radical (unpaired) electrons. The van der Waals surface area contributed by atoms with Gasteiger partial charge in [0, 0.05) is 31.8 Å². The van der Waals surface area contributed by atoms with Crippen LogP contribution in [0.1, 0.15) is 29.3 Å². The van der Waals surface area contributed by atoms with E-state index in [0.29, 0.717) is 5.02 Å². The number of imidazole rings is 1. The number of halogens is 4. The number of rotatable bonds is 9. The summed E-state index contributed by atoms with van der Waals surface area (Å²) < 4.78 is 46.2. The molecule has 0 saturated carbocycles. The number of aliphatic hydroxyl groups is 2. The Morgan fingerprint density at radius 3 is 2.42 bits per heavy atom. The van der Waals surface area contributed by atoms with E-state index >= 15 is 0 Å². The summed E-state index contributed by atoms with van der Waals surface area (Å²) >= 11 is 6.01. The van der Waals surface area contributed by atoms with Gasteiger partial charge in [-0.3, -0.25) is 13.9 Å². The van der Waals surface area contributed by atoms with Crippen LogP contribution in [-0.4, -0.2) is 48.5 Å². The van der Waals surface area contributed by atoms with Gasteiger partial charge in [0.15, 0.2) is 11.2 Å². The molecule has 0 saturated heterocycles. The Kier molecular flexibility index (Phi) is 7.95. The van der Waals surface area contributed by atoms with E-state index in [2.05, 4.69) is 9.72 Å². The molecule has 2 aromatic heterocycles.